The summed E-state index contributed by atoms with van der Waals surface area (Å²) < 4.78 is 1.66. The third kappa shape index (κ3) is 1.39. The molecule has 2 aromatic heterocycles. The SMILES string of the molecule is CCn1nc2[nH]c(=O)cc(C(=O)O)c2c1C. The van der Waals surface area contributed by atoms with Crippen molar-refractivity contribution in [2.24, 2.45) is 0 Å². The Morgan fingerprint density at radius 1 is 1.62 bits per heavy atom. The standard InChI is InChI=1S/C10H11N3O3/c1-3-13-5(2)8-6(10(15)16)4-7(14)11-9(8)12-13/h4H,3H2,1-2H3,(H,15,16)(H,11,12,14). The van der Waals surface area contributed by atoms with E-state index >= 15 is 0 Å². The first-order valence-corrected chi connectivity index (χ1v) is 4.88. The van der Waals surface area contributed by atoms with Crippen LogP contribution >= 0.6 is 0 Å². The van der Waals surface area contributed by atoms with E-state index in [0.717, 1.165) is 11.8 Å². The third-order valence-electron chi connectivity index (χ3n) is 2.52. The molecule has 0 aliphatic rings. The van der Waals surface area contributed by atoms with Crippen LogP contribution in [0.25, 0.3) is 11.0 Å². The highest BCUT2D eigenvalue weighted by Gasteiger charge is 2.16. The molecule has 0 saturated carbocycles. The monoisotopic (exact) mass is 221 g/mol. The first-order chi connectivity index (χ1) is 7.54. The summed E-state index contributed by atoms with van der Waals surface area (Å²) in [6.45, 7) is 4.31. The number of aryl methyl sites for hydroxylation is 2. The van der Waals surface area contributed by atoms with Crippen LogP contribution in [0.2, 0.25) is 0 Å². The number of rotatable bonds is 2. The fourth-order valence-corrected chi connectivity index (χ4v) is 1.79. The van der Waals surface area contributed by atoms with Crippen LogP contribution in [0.3, 0.4) is 0 Å². The summed E-state index contributed by atoms with van der Waals surface area (Å²) >= 11 is 0. The Hall–Kier alpha value is -2.11. The van der Waals surface area contributed by atoms with Crippen LogP contribution in [0.15, 0.2) is 10.9 Å². The largest absolute Gasteiger partial charge is 0.478 e. The van der Waals surface area contributed by atoms with Crippen molar-refractivity contribution in [2.45, 2.75) is 20.4 Å². The van der Waals surface area contributed by atoms with Gasteiger partial charge in [0.05, 0.1) is 10.9 Å². The van der Waals surface area contributed by atoms with E-state index in [9.17, 15) is 9.59 Å². The average molecular weight is 221 g/mol. The van der Waals surface area contributed by atoms with Gasteiger partial charge >= 0.3 is 5.97 Å². The minimum absolute atomic E-state index is 0.00375. The maximum atomic E-state index is 11.2. The van der Waals surface area contributed by atoms with Gasteiger partial charge in [-0.2, -0.15) is 5.10 Å². The number of hydrogen-bond acceptors (Lipinski definition) is 3. The molecule has 0 aliphatic carbocycles. The van der Waals surface area contributed by atoms with Crippen LogP contribution in [-0.4, -0.2) is 25.8 Å². The summed E-state index contributed by atoms with van der Waals surface area (Å²) in [5.41, 5.74) is 0.608. The van der Waals surface area contributed by atoms with Gasteiger partial charge in [0.2, 0.25) is 5.56 Å². The summed E-state index contributed by atoms with van der Waals surface area (Å²) in [4.78, 5) is 24.8. The molecular formula is C10H11N3O3. The van der Waals surface area contributed by atoms with E-state index in [2.05, 4.69) is 10.1 Å². The number of carboxylic acid groups (broad SMARTS) is 1. The molecule has 6 nitrogen and oxygen atoms in total. The number of nitrogens with zero attached hydrogens (tertiary/aromatic N) is 2. The lowest BCUT2D eigenvalue weighted by Crippen LogP contribution is -2.09. The lowest BCUT2D eigenvalue weighted by Gasteiger charge is -1.98. The van der Waals surface area contributed by atoms with E-state index in [-0.39, 0.29) is 5.56 Å². The number of H-pyrrole nitrogens is 1. The van der Waals surface area contributed by atoms with E-state index in [4.69, 9.17) is 5.11 Å². The molecule has 84 valence electrons. The zero-order valence-corrected chi connectivity index (χ0v) is 8.94. The number of aromatic carboxylic acids is 1. The molecule has 0 amide bonds. The van der Waals surface area contributed by atoms with Crippen molar-refractivity contribution >= 4 is 17.0 Å². The van der Waals surface area contributed by atoms with E-state index in [0.29, 0.717) is 17.6 Å². The molecule has 0 atom stereocenters. The molecule has 0 saturated heterocycles. The Balaban J connectivity index is 2.94. The zero-order valence-electron chi connectivity index (χ0n) is 8.94. The van der Waals surface area contributed by atoms with Gasteiger partial charge in [0.15, 0.2) is 5.65 Å². The molecular weight excluding hydrogens is 210 g/mol. The molecule has 2 rings (SSSR count). The summed E-state index contributed by atoms with van der Waals surface area (Å²) in [5, 5.41) is 13.7. The van der Waals surface area contributed by atoms with E-state index in [1.807, 2.05) is 6.92 Å². The fraction of sp³-hybridized carbons (Fsp3) is 0.300. The highest BCUT2D eigenvalue weighted by atomic mass is 16.4. The number of hydrogen-bond donors (Lipinski definition) is 2. The Kier molecular flexibility index (Phi) is 2.26. The second kappa shape index (κ2) is 3.48. The van der Waals surface area contributed by atoms with E-state index < -0.39 is 11.5 Å². The highest BCUT2D eigenvalue weighted by molar-refractivity contribution is 6.02. The molecule has 0 bridgehead atoms. The number of aromatic amines is 1. The van der Waals surface area contributed by atoms with Crippen LogP contribution in [0.5, 0.6) is 0 Å². The summed E-state index contributed by atoms with van der Waals surface area (Å²) in [7, 11) is 0. The van der Waals surface area contributed by atoms with Gasteiger partial charge in [-0.1, -0.05) is 0 Å². The molecule has 2 aromatic rings. The fourth-order valence-electron chi connectivity index (χ4n) is 1.79. The van der Waals surface area contributed by atoms with Gasteiger partial charge in [0.25, 0.3) is 0 Å². The van der Waals surface area contributed by atoms with Crippen LogP contribution in [0.4, 0.5) is 0 Å². The van der Waals surface area contributed by atoms with Crippen molar-refractivity contribution in [2.75, 3.05) is 0 Å². The summed E-state index contributed by atoms with van der Waals surface area (Å²) in [6.07, 6.45) is 0. The van der Waals surface area contributed by atoms with Crippen LogP contribution in [0, 0.1) is 6.92 Å². The molecule has 0 aromatic carbocycles. The Bertz CT molecular complexity index is 624. The second-order valence-electron chi connectivity index (χ2n) is 3.48. The maximum Gasteiger partial charge on any atom is 0.336 e. The first-order valence-electron chi connectivity index (χ1n) is 4.88. The Labute approximate surface area is 90.5 Å². The van der Waals surface area contributed by atoms with Crippen LogP contribution in [0.1, 0.15) is 23.0 Å². The van der Waals surface area contributed by atoms with Gasteiger partial charge in [0, 0.05) is 18.3 Å². The minimum atomic E-state index is -1.12. The van der Waals surface area contributed by atoms with Gasteiger partial charge < -0.3 is 10.1 Å². The number of pyridine rings is 1. The van der Waals surface area contributed by atoms with Gasteiger partial charge in [-0.05, 0) is 13.8 Å². The Morgan fingerprint density at radius 3 is 2.88 bits per heavy atom. The van der Waals surface area contributed by atoms with Crippen LogP contribution < -0.4 is 5.56 Å². The third-order valence-corrected chi connectivity index (χ3v) is 2.52. The molecule has 0 spiro atoms. The molecule has 0 aliphatic heterocycles. The number of aromatic nitrogens is 3. The maximum absolute atomic E-state index is 11.2. The van der Waals surface area contributed by atoms with Crippen LogP contribution in [-0.2, 0) is 6.54 Å². The first kappa shape index (κ1) is 10.4. The quantitative estimate of drug-likeness (QED) is 0.783. The molecule has 0 radical (unpaired) electrons. The zero-order chi connectivity index (χ0) is 11.9. The van der Waals surface area contributed by atoms with Crippen molar-refractivity contribution in [3.8, 4) is 0 Å². The number of nitrogens with one attached hydrogen (secondary N) is 1. The van der Waals surface area contributed by atoms with E-state index in [1.54, 1.807) is 11.6 Å². The highest BCUT2D eigenvalue weighted by Crippen LogP contribution is 2.18. The van der Waals surface area contributed by atoms with E-state index in [1.165, 1.54) is 0 Å². The number of carboxylic acids is 1. The number of carbonyl (C=O) groups is 1. The van der Waals surface area contributed by atoms with Crippen molar-refractivity contribution < 1.29 is 9.90 Å². The van der Waals surface area contributed by atoms with Crippen molar-refractivity contribution in [1.82, 2.24) is 14.8 Å². The van der Waals surface area contributed by atoms with Gasteiger partial charge in [-0.3, -0.25) is 9.48 Å². The lowest BCUT2D eigenvalue weighted by atomic mass is 10.1. The normalized spacial score (nSPS) is 10.9. The topological polar surface area (TPSA) is 88.0 Å². The Morgan fingerprint density at radius 2 is 2.31 bits per heavy atom. The smallest absolute Gasteiger partial charge is 0.336 e. The molecule has 6 heteroatoms. The lowest BCUT2D eigenvalue weighted by molar-refractivity contribution is 0.0698. The van der Waals surface area contributed by atoms with Crippen molar-refractivity contribution in [3.05, 3.63) is 27.7 Å². The molecule has 0 unspecified atom stereocenters. The summed E-state index contributed by atoms with van der Waals surface area (Å²) in [5.74, 6) is -1.12. The van der Waals surface area contributed by atoms with Gasteiger partial charge in [-0.25, -0.2) is 4.79 Å². The average Bonchev–Trinajstić information content (AvgIpc) is 2.54. The van der Waals surface area contributed by atoms with Crippen molar-refractivity contribution in [1.29, 1.82) is 0 Å². The molecule has 0 fully saturated rings. The predicted molar refractivity (Wildman–Crippen MR) is 57.7 cm³/mol. The second-order valence-corrected chi connectivity index (χ2v) is 3.48. The molecule has 16 heavy (non-hydrogen) atoms. The predicted octanol–water partition coefficient (Wildman–Crippen LogP) is 0.751. The summed E-state index contributed by atoms with van der Waals surface area (Å²) in [6, 6.07) is 1.08. The van der Waals surface area contributed by atoms with Crippen molar-refractivity contribution in [3.63, 3.8) is 0 Å². The molecule has 2 N–H and O–H groups in total. The van der Waals surface area contributed by atoms with Gasteiger partial charge in [0.1, 0.15) is 0 Å². The number of fused-ring (bicyclic) bond motifs is 1. The minimum Gasteiger partial charge on any atom is -0.478 e. The molecule has 2 heterocycles. The van der Waals surface area contributed by atoms with Gasteiger partial charge in [-0.15, -0.1) is 0 Å².